The first kappa shape index (κ1) is 17.0. The smallest absolute Gasteiger partial charge is 0.214 e. The zero-order valence-electron chi connectivity index (χ0n) is 15.0. The fraction of sp³-hybridized carbons (Fsp3) is 0.300. The van der Waals surface area contributed by atoms with Crippen molar-refractivity contribution in [2.24, 2.45) is 4.99 Å². The van der Waals surface area contributed by atoms with Gasteiger partial charge in [0.1, 0.15) is 5.76 Å². The highest BCUT2D eigenvalue weighted by atomic mass is 16.4. The van der Waals surface area contributed by atoms with Crippen molar-refractivity contribution in [2.45, 2.75) is 33.9 Å². The highest BCUT2D eigenvalue weighted by Crippen LogP contribution is 2.19. The van der Waals surface area contributed by atoms with Gasteiger partial charge in [-0.05, 0) is 37.1 Å². The summed E-state index contributed by atoms with van der Waals surface area (Å²) >= 11 is 0. The monoisotopic (exact) mass is 336 g/mol. The summed E-state index contributed by atoms with van der Waals surface area (Å²) in [6.45, 7) is 7.84. The summed E-state index contributed by atoms with van der Waals surface area (Å²) in [4.78, 5) is 9.09. The molecule has 2 N–H and O–H groups in total. The Kier molecular flexibility index (Phi) is 5.33. The van der Waals surface area contributed by atoms with E-state index >= 15 is 0 Å². The summed E-state index contributed by atoms with van der Waals surface area (Å²) in [6, 6.07) is 14.7. The number of guanidine groups is 1. The number of aryl methyl sites for hydroxylation is 2. The van der Waals surface area contributed by atoms with Crippen LogP contribution in [0.5, 0.6) is 0 Å². The van der Waals surface area contributed by atoms with E-state index in [2.05, 4.69) is 65.0 Å². The second-order valence-electron chi connectivity index (χ2n) is 5.94. The van der Waals surface area contributed by atoms with Crippen molar-refractivity contribution in [1.29, 1.82) is 0 Å². The van der Waals surface area contributed by atoms with Gasteiger partial charge in [0.05, 0.1) is 18.8 Å². The number of hydrogen-bond acceptors (Lipinski definition) is 3. The van der Waals surface area contributed by atoms with Gasteiger partial charge in [0.15, 0.2) is 5.96 Å². The Labute approximate surface area is 148 Å². The summed E-state index contributed by atoms with van der Waals surface area (Å²) in [6.07, 6.45) is 0. The van der Waals surface area contributed by atoms with Crippen LogP contribution in [0.2, 0.25) is 0 Å². The number of fused-ring (bicyclic) bond motifs is 1. The zero-order valence-corrected chi connectivity index (χ0v) is 15.0. The van der Waals surface area contributed by atoms with Crippen molar-refractivity contribution in [2.75, 3.05) is 6.54 Å². The Morgan fingerprint density at radius 2 is 1.88 bits per heavy atom. The third-order valence-corrected chi connectivity index (χ3v) is 4.11. The lowest BCUT2D eigenvalue weighted by Gasteiger charge is -2.10. The van der Waals surface area contributed by atoms with Gasteiger partial charge >= 0.3 is 0 Å². The quantitative estimate of drug-likeness (QED) is 0.551. The van der Waals surface area contributed by atoms with Gasteiger partial charge in [0.2, 0.25) is 5.89 Å². The summed E-state index contributed by atoms with van der Waals surface area (Å²) in [5.74, 6) is 2.28. The average Bonchev–Trinajstić information content (AvgIpc) is 2.95. The standard InChI is InChI=1S/C20H24N4O/c1-4-21-20(23-13-19-24-14(2)15(3)25-19)22-12-17-10-7-9-16-8-5-6-11-18(16)17/h5-11H,4,12-13H2,1-3H3,(H2,21,22,23). The number of hydrogen-bond donors (Lipinski definition) is 2. The molecule has 3 rings (SSSR count). The van der Waals surface area contributed by atoms with Crippen molar-refractivity contribution in [3.63, 3.8) is 0 Å². The topological polar surface area (TPSA) is 62.5 Å². The maximum Gasteiger partial charge on any atom is 0.214 e. The van der Waals surface area contributed by atoms with Crippen molar-refractivity contribution < 1.29 is 4.42 Å². The summed E-state index contributed by atoms with van der Waals surface area (Å²) < 4.78 is 5.61. The largest absolute Gasteiger partial charge is 0.444 e. The molecule has 0 atom stereocenters. The summed E-state index contributed by atoms with van der Waals surface area (Å²) in [5, 5.41) is 9.01. The van der Waals surface area contributed by atoms with Gasteiger partial charge < -0.3 is 15.1 Å². The molecule has 3 aromatic rings. The molecule has 0 saturated heterocycles. The normalized spacial score (nSPS) is 11.7. The minimum atomic E-state index is 0.510. The van der Waals surface area contributed by atoms with Crippen LogP contribution in [0.1, 0.15) is 29.8 Å². The first-order valence-electron chi connectivity index (χ1n) is 8.59. The Hall–Kier alpha value is -2.82. The third kappa shape index (κ3) is 4.18. The number of benzene rings is 2. The van der Waals surface area contributed by atoms with E-state index in [0.29, 0.717) is 19.0 Å². The molecule has 0 saturated carbocycles. The lowest BCUT2D eigenvalue weighted by Crippen LogP contribution is -2.36. The molecule has 5 heteroatoms. The van der Waals surface area contributed by atoms with E-state index in [4.69, 9.17) is 9.41 Å². The molecular weight excluding hydrogens is 312 g/mol. The van der Waals surface area contributed by atoms with E-state index in [-0.39, 0.29) is 0 Å². The van der Waals surface area contributed by atoms with Crippen molar-refractivity contribution in [3.05, 3.63) is 65.4 Å². The van der Waals surface area contributed by atoms with Crippen molar-refractivity contribution in [3.8, 4) is 0 Å². The molecule has 0 fully saturated rings. The minimum Gasteiger partial charge on any atom is -0.444 e. The van der Waals surface area contributed by atoms with Crippen LogP contribution in [0, 0.1) is 13.8 Å². The van der Waals surface area contributed by atoms with E-state index in [0.717, 1.165) is 24.0 Å². The third-order valence-electron chi connectivity index (χ3n) is 4.11. The SMILES string of the molecule is CCNC(=NCc1cccc2ccccc12)NCc1nc(C)c(C)o1. The van der Waals surface area contributed by atoms with Crippen LogP contribution in [0.25, 0.3) is 10.8 Å². The summed E-state index contributed by atoms with van der Waals surface area (Å²) in [5.41, 5.74) is 2.13. The Bertz CT molecular complexity index is 858. The highest BCUT2D eigenvalue weighted by Gasteiger charge is 2.06. The Balaban J connectivity index is 1.73. The second kappa shape index (κ2) is 7.83. The predicted octanol–water partition coefficient (Wildman–Crippen LogP) is 3.70. The van der Waals surface area contributed by atoms with Crippen LogP contribution in [0.4, 0.5) is 0 Å². The molecule has 1 heterocycles. The minimum absolute atomic E-state index is 0.510. The van der Waals surface area contributed by atoms with Gasteiger partial charge in [0.25, 0.3) is 0 Å². The van der Waals surface area contributed by atoms with Crippen molar-refractivity contribution >= 4 is 16.7 Å². The first-order chi connectivity index (χ1) is 12.2. The van der Waals surface area contributed by atoms with E-state index in [1.807, 2.05) is 13.8 Å². The molecule has 0 aliphatic rings. The molecule has 0 amide bonds. The molecule has 5 nitrogen and oxygen atoms in total. The molecule has 0 unspecified atom stereocenters. The number of aliphatic imine (C=N–C) groups is 1. The van der Waals surface area contributed by atoms with E-state index in [9.17, 15) is 0 Å². The predicted molar refractivity (Wildman–Crippen MR) is 102 cm³/mol. The molecule has 25 heavy (non-hydrogen) atoms. The Morgan fingerprint density at radius 1 is 1.08 bits per heavy atom. The lowest BCUT2D eigenvalue weighted by molar-refractivity contribution is 0.463. The van der Waals surface area contributed by atoms with Gasteiger partial charge in [-0.2, -0.15) is 0 Å². The van der Waals surface area contributed by atoms with Crippen LogP contribution < -0.4 is 10.6 Å². The number of oxazole rings is 1. The number of aromatic nitrogens is 1. The van der Waals surface area contributed by atoms with Crippen LogP contribution in [0.3, 0.4) is 0 Å². The molecule has 0 aliphatic carbocycles. The number of nitrogens with one attached hydrogen (secondary N) is 2. The molecular formula is C20H24N4O. The Morgan fingerprint density at radius 3 is 2.64 bits per heavy atom. The summed E-state index contributed by atoms with van der Waals surface area (Å²) in [7, 11) is 0. The van der Waals surface area contributed by atoms with Crippen LogP contribution in [0.15, 0.2) is 51.9 Å². The van der Waals surface area contributed by atoms with Gasteiger partial charge in [-0.1, -0.05) is 42.5 Å². The van der Waals surface area contributed by atoms with E-state index in [1.54, 1.807) is 0 Å². The molecule has 130 valence electrons. The maximum atomic E-state index is 5.61. The fourth-order valence-corrected chi connectivity index (χ4v) is 2.71. The second-order valence-corrected chi connectivity index (χ2v) is 5.94. The lowest BCUT2D eigenvalue weighted by atomic mass is 10.1. The zero-order chi connectivity index (χ0) is 17.6. The van der Waals surface area contributed by atoms with Gasteiger partial charge in [-0.3, -0.25) is 0 Å². The molecule has 0 spiro atoms. The van der Waals surface area contributed by atoms with Crippen molar-refractivity contribution in [1.82, 2.24) is 15.6 Å². The van der Waals surface area contributed by atoms with Crippen LogP contribution in [-0.4, -0.2) is 17.5 Å². The first-order valence-corrected chi connectivity index (χ1v) is 8.59. The molecule has 0 radical (unpaired) electrons. The van der Waals surface area contributed by atoms with E-state index < -0.39 is 0 Å². The van der Waals surface area contributed by atoms with E-state index in [1.165, 1.54) is 16.3 Å². The highest BCUT2D eigenvalue weighted by molar-refractivity contribution is 5.86. The number of rotatable bonds is 5. The van der Waals surface area contributed by atoms with Crippen LogP contribution >= 0.6 is 0 Å². The van der Waals surface area contributed by atoms with Gasteiger partial charge in [0, 0.05) is 6.54 Å². The maximum absolute atomic E-state index is 5.61. The fourth-order valence-electron chi connectivity index (χ4n) is 2.71. The molecule has 0 aliphatic heterocycles. The molecule has 0 bridgehead atoms. The average molecular weight is 336 g/mol. The molecule has 2 aromatic carbocycles. The van der Waals surface area contributed by atoms with Gasteiger partial charge in [-0.15, -0.1) is 0 Å². The molecule has 1 aromatic heterocycles. The van der Waals surface area contributed by atoms with Crippen LogP contribution in [-0.2, 0) is 13.1 Å². The number of nitrogens with zero attached hydrogens (tertiary/aromatic N) is 2. The van der Waals surface area contributed by atoms with Gasteiger partial charge in [-0.25, -0.2) is 9.98 Å².